The van der Waals surface area contributed by atoms with Crippen molar-refractivity contribution in [3.8, 4) is 40.5 Å². The van der Waals surface area contributed by atoms with Crippen LogP contribution in [-0.2, 0) is 44.1 Å². The quantitative estimate of drug-likeness (QED) is 0.0549. The van der Waals surface area contributed by atoms with Gasteiger partial charge in [0, 0.05) is 90.4 Å². The summed E-state index contributed by atoms with van der Waals surface area (Å²) >= 11 is 6.83. The monoisotopic (exact) mass is 917 g/mol. The third-order valence-electron chi connectivity index (χ3n) is 11.5. The molecule has 1 aliphatic heterocycles. The minimum Gasteiger partial charge on any atom is -0.488 e. The first-order valence-electron chi connectivity index (χ1n) is 22.3. The van der Waals surface area contributed by atoms with E-state index in [1.165, 1.54) is 12.4 Å². The number of carbonyl (C=O) groups is 2. The summed E-state index contributed by atoms with van der Waals surface area (Å²) in [6, 6.07) is 29.1. The van der Waals surface area contributed by atoms with Crippen LogP contribution in [-0.4, -0.2) is 46.6 Å². The van der Waals surface area contributed by atoms with Crippen molar-refractivity contribution in [3.63, 3.8) is 0 Å². The van der Waals surface area contributed by atoms with E-state index in [4.69, 9.17) is 30.9 Å². The predicted molar refractivity (Wildman–Crippen MR) is 256 cm³/mol. The fourth-order valence-corrected chi connectivity index (χ4v) is 8.20. The molecule has 0 atom stereocenters. The van der Waals surface area contributed by atoms with Gasteiger partial charge < -0.3 is 34.9 Å². The third kappa shape index (κ3) is 12.3. The molecule has 342 valence electrons. The first-order valence-corrected chi connectivity index (χ1v) is 22.7. The first-order chi connectivity index (χ1) is 32.6. The van der Waals surface area contributed by atoms with E-state index in [0.717, 1.165) is 75.1 Å². The number of fused-ring (bicyclic) bond motifs is 1. The van der Waals surface area contributed by atoms with Gasteiger partial charge in [0.25, 0.3) is 5.91 Å². The average Bonchev–Trinajstić information content (AvgIpc) is 3.79. The number of aliphatic carboxylic acids is 1. The number of anilines is 1. The highest BCUT2D eigenvalue weighted by atomic mass is 35.5. The van der Waals surface area contributed by atoms with Crippen molar-refractivity contribution >= 4 is 29.2 Å². The minimum absolute atomic E-state index is 0.0593. The number of aromatic nitrogens is 2. The van der Waals surface area contributed by atoms with E-state index < -0.39 is 5.97 Å². The van der Waals surface area contributed by atoms with E-state index >= 15 is 0 Å². The molecule has 1 aliphatic rings. The van der Waals surface area contributed by atoms with Gasteiger partial charge in [-0.1, -0.05) is 61.3 Å². The number of carboxylic acids is 1. The Morgan fingerprint density at radius 3 is 2.07 bits per heavy atom. The van der Waals surface area contributed by atoms with Crippen LogP contribution in [0.4, 0.5) is 5.69 Å². The van der Waals surface area contributed by atoms with Crippen molar-refractivity contribution in [2.45, 2.75) is 78.9 Å². The van der Waals surface area contributed by atoms with Crippen molar-refractivity contribution < 1.29 is 28.9 Å². The standard InChI is InChI=1S/C53H52ClN7O6/c1-3-4-16-57-30-41-14-13-40(22-49(41)65-32-38-19-36(24-55)26-59-28-38)53(64)61-18-15-46-45(10-6-11-48(46)61)44-9-5-8-42(35(44)2)34-67-51-23-50(66-33-39-20-37(25-56)27-60-29-39)43(21-47(51)54)31-58-17-7-12-52(62)63/h5-6,8-11,13-14,19-23,26-29,57-58H,3-4,7,12,15-18,30-34H2,1-2H3,(H,62,63). The summed E-state index contributed by atoms with van der Waals surface area (Å²) in [5.41, 5.74) is 10.6. The molecule has 3 N–H and O–H groups in total. The van der Waals surface area contributed by atoms with E-state index in [1.54, 1.807) is 36.7 Å². The van der Waals surface area contributed by atoms with Gasteiger partial charge in [0.2, 0.25) is 0 Å². The van der Waals surface area contributed by atoms with Crippen LogP contribution in [0.1, 0.15) is 93.0 Å². The number of nitrogens with zero attached hydrogens (tertiary/aromatic N) is 5. The average molecular weight is 918 g/mol. The summed E-state index contributed by atoms with van der Waals surface area (Å²) in [5, 5.41) is 34.9. The molecule has 13 nitrogen and oxygen atoms in total. The lowest BCUT2D eigenvalue weighted by Gasteiger charge is -2.20. The molecule has 3 heterocycles. The number of rotatable bonds is 22. The molecule has 14 heteroatoms. The zero-order valence-corrected chi connectivity index (χ0v) is 38.4. The highest BCUT2D eigenvalue weighted by molar-refractivity contribution is 6.32. The second-order valence-electron chi connectivity index (χ2n) is 16.3. The Labute approximate surface area is 395 Å². The van der Waals surface area contributed by atoms with Crippen LogP contribution in [0.2, 0.25) is 5.02 Å². The van der Waals surface area contributed by atoms with Crippen molar-refractivity contribution in [2.24, 2.45) is 0 Å². The largest absolute Gasteiger partial charge is 0.488 e. The summed E-state index contributed by atoms with van der Waals surface area (Å²) in [6.07, 6.45) is 9.66. The highest BCUT2D eigenvalue weighted by Crippen LogP contribution is 2.40. The van der Waals surface area contributed by atoms with Crippen LogP contribution in [0.3, 0.4) is 0 Å². The maximum atomic E-state index is 14.4. The number of carboxylic acid groups (broad SMARTS) is 1. The number of hydrogen-bond acceptors (Lipinski definition) is 11. The number of amides is 1. The summed E-state index contributed by atoms with van der Waals surface area (Å²) in [6.45, 7) is 7.63. The van der Waals surface area contributed by atoms with Gasteiger partial charge in [0.15, 0.2) is 0 Å². The Morgan fingerprint density at radius 1 is 0.746 bits per heavy atom. The second-order valence-corrected chi connectivity index (χ2v) is 16.7. The lowest BCUT2D eigenvalue weighted by molar-refractivity contribution is -0.137. The second kappa shape index (κ2) is 23.2. The van der Waals surface area contributed by atoms with Crippen LogP contribution in [0.15, 0.2) is 104 Å². The third-order valence-corrected chi connectivity index (χ3v) is 11.8. The molecular formula is C53H52ClN7O6. The summed E-state index contributed by atoms with van der Waals surface area (Å²) in [5.74, 6) is 0.579. The normalized spacial score (nSPS) is 11.7. The maximum Gasteiger partial charge on any atom is 0.303 e. The molecule has 4 aromatic carbocycles. The smallest absolute Gasteiger partial charge is 0.303 e. The van der Waals surface area contributed by atoms with E-state index in [-0.39, 0.29) is 32.1 Å². The molecule has 2 aromatic heterocycles. The van der Waals surface area contributed by atoms with Gasteiger partial charge in [0.05, 0.1) is 16.1 Å². The van der Waals surface area contributed by atoms with Crippen molar-refractivity contribution in [2.75, 3.05) is 24.5 Å². The minimum atomic E-state index is -0.850. The molecule has 0 fully saturated rings. The lowest BCUT2D eigenvalue weighted by atomic mass is 9.92. The Balaban J connectivity index is 1.09. The van der Waals surface area contributed by atoms with Crippen LogP contribution in [0.5, 0.6) is 17.2 Å². The lowest BCUT2D eigenvalue weighted by Crippen LogP contribution is -2.29. The molecule has 67 heavy (non-hydrogen) atoms. The predicted octanol–water partition coefficient (Wildman–Crippen LogP) is 9.63. The van der Waals surface area contributed by atoms with Gasteiger partial charge in [-0.2, -0.15) is 10.5 Å². The number of carbonyl (C=O) groups excluding carboxylic acids is 1. The fourth-order valence-electron chi connectivity index (χ4n) is 7.96. The summed E-state index contributed by atoms with van der Waals surface area (Å²) in [7, 11) is 0. The van der Waals surface area contributed by atoms with E-state index in [2.05, 4.69) is 58.7 Å². The highest BCUT2D eigenvalue weighted by Gasteiger charge is 2.29. The SMILES string of the molecule is CCCCNCc1ccc(C(=O)N2CCc3c(-c4cccc(COc5cc(OCc6cncc(C#N)c6)c(CNCCCC(=O)O)cc5Cl)c4C)cccc32)cc1OCc1cncc(C#N)c1. The number of pyridine rings is 2. The van der Waals surface area contributed by atoms with Gasteiger partial charge in [-0.25, -0.2) is 0 Å². The number of nitriles is 2. The van der Waals surface area contributed by atoms with E-state index in [0.29, 0.717) is 78.0 Å². The molecule has 0 unspecified atom stereocenters. The Morgan fingerprint density at radius 2 is 1.39 bits per heavy atom. The Bertz CT molecular complexity index is 2820. The number of halogens is 1. The van der Waals surface area contributed by atoms with Crippen molar-refractivity contribution in [3.05, 3.63) is 164 Å². The maximum absolute atomic E-state index is 14.4. The van der Waals surface area contributed by atoms with Gasteiger partial charge in [-0.15, -0.1) is 0 Å². The number of ether oxygens (including phenoxy) is 3. The molecule has 1 amide bonds. The number of hydrogen-bond donors (Lipinski definition) is 3. The van der Waals surface area contributed by atoms with Crippen molar-refractivity contribution in [1.82, 2.24) is 20.6 Å². The van der Waals surface area contributed by atoms with E-state index in [9.17, 15) is 20.1 Å². The molecule has 0 saturated carbocycles. The zero-order chi connectivity index (χ0) is 47.1. The van der Waals surface area contributed by atoms with Crippen molar-refractivity contribution in [1.29, 1.82) is 10.5 Å². The number of benzene rings is 4. The molecular weight excluding hydrogens is 866 g/mol. The van der Waals surface area contributed by atoms with Crippen LogP contribution in [0, 0.1) is 29.6 Å². The van der Waals surface area contributed by atoms with E-state index in [1.807, 2.05) is 47.4 Å². The summed E-state index contributed by atoms with van der Waals surface area (Å²) < 4.78 is 19.0. The van der Waals surface area contributed by atoms with Crippen LogP contribution < -0.4 is 29.7 Å². The van der Waals surface area contributed by atoms with Gasteiger partial charge in [0.1, 0.15) is 49.2 Å². The molecule has 6 aromatic rings. The van der Waals surface area contributed by atoms with Gasteiger partial charge in [-0.3, -0.25) is 19.6 Å². The number of unbranched alkanes of at least 4 members (excludes halogenated alkanes) is 1. The molecule has 0 aliphatic carbocycles. The molecule has 0 saturated heterocycles. The molecule has 0 bridgehead atoms. The van der Waals surface area contributed by atoms with Crippen LogP contribution in [0.25, 0.3) is 11.1 Å². The zero-order valence-electron chi connectivity index (χ0n) is 37.6. The Kier molecular flexibility index (Phi) is 16.5. The number of nitrogens with one attached hydrogen (secondary N) is 2. The van der Waals surface area contributed by atoms with Crippen LogP contribution >= 0.6 is 11.6 Å². The first kappa shape index (κ1) is 47.7. The molecule has 7 rings (SSSR count). The fraction of sp³-hybridized carbons (Fsp3) is 0.283. The van der Waals surface area contributed by atoms with Gasteiger partial charge >= 0.3 is 5.97 Å². The molecule has 0 radical (unpaired) electrons. The molecule has 0 spiro atoms. The summed E-state index contributed by atoms with van der Waals surface area (Å²) in [4.78, 5) is 35.5. The topological polar surface area (TPSA) is 183 Å². The van der Waals surface area contributed by atoms with Gasteiger partial charge in [-0.05, 0) is 103 Å². The Hall–Kier alpha value is -7.29.